The summed E-state index contributed by atoms with van der Waals surface area (Å²) in [6, 6.07) is 9.27. The number of aromatic nitrogens is 3. The number of hydrogen-bond acceptors (Lipinski definition) is 3. The molecule has 0 saturated heterocycles. The zero-order valence-corrected chi connectivity index (χ0v) is 9.42. The van der Waals surface area contributed by atoms with Crippen LogP contribution in [0.1, 0.15) is 5.56 Å². The average Bonchev–Trinajstić information content (AvgIpc) is 2.77. The Bertz CT molecular complexity index is 755. The van der Waals surface area contributed by atoms with Crippen LogP contribution < -0.4 is 5.69 Å². The third-order valence-corrected chi connectivity index (χ3v) is 2.55. The van der Waals surface area contributed by atoms with Gasteiger partial charge in [-0.05, 0) is 24.3 Å². The molecular weight excluding hydrogens is 228 g/mol. The SMILES string of the molecule is O=c1[nH]c2ccc(N=Cc3cccnc3)cc2[nH]1. The van der Waals surface area contributed by atoms with Gasteiger partial charge in [0.25, 0.3) is 0 Å². The Morgan fingerprint density at radius 2 is 2.06 bits per heavy atom. The Morgan fingerprint density at radius 1 is 1.17 bits per heavy atom. The number of rotatable bonds is 2. The van der Waals surface area contributed by atoms with Gasteiger partial charge in [0, 0.05) is 24.2 Å². The van der Waals surface area contributed by atoms with Crippen molar-refractivity contribution >= 4 is 22.9 Å². The van der Waals surface area contributed by atoms with E-state index in [1.807, 2.05) is 30.3 Å². The van der Waals surface area contributed by atoms with Crippen LogP contribution >= 0.6 is 0 Å². The lowest BCUT2D eigenvalue weighted by atomic mass is 10.2. The van der Waals surface area contributed by atoms with Gasteiger partial charge in [0.1, 0.15) is 0 Å². The van der Waals surface area contributed by atoms with Crippen LogP contribution in [0.2, 0.25) is 0 Å². The molecule has 0 fully saturated rings. The fraction of sp³-hybridized carbons (Fsp3) is 0. The number of aliphatic imine (C=N–C) groups is 1. The van der Waals surface area contributed by atoms with E-state index in [9.17, 15) is 4.79 Å². The van der Waals surface area contributed by atoms with Crippen LogP contribution in [0.3, 0.4) is 0 Å². The second kappa shape index (κ2) is 4.29. The van der Waals surface area contributed by atoms with Gasteiger partial charge >= 0.3 is 5.69 Å². The molecule has 5 nitrogen and oxygen atoms in total. The number of aromatic amines is 2. The van der Waals surface area contributed by atoms with Gasteiger partial charge in [-0.15, -0.1) is 0 Å². The van der Waals surface area contributed by atoms with Gasteiger partial charge in [0.05, 0.1) is 16.7 Å². The molecule has 0 unspecified atom stereocenters. The minimum atomic E-state index is -0.210. The molecule has 3 aromatic rings. The smallest absolute Gasteiger partial charge is 0.306 e. The number of nitrogens with one attached hydrogen (secondary N) is 2. The summed E-state index contributed by atoms with van der Waals surface area (Å²) in [4.78, 5) is 24.8. The van der Waals surface area contributed by atoms with E-state index < -0.39 is 0 Å². The summed E-state index contributed by atoms with van der Waals surface area (Å²) >= 11 is 0. The van der Waals surface area contributed by atoms with Gasteiger partial charge in [-0.3, -0.25) is 9.98 Å². The molecule has 88 valence electrons. The van der Waals surface area contributed by atoms with Gasteiger partial charge in [-0.2, -0.15) is 0 Å². The van der Waals surface area contributed by atoms with E-state index in [2.05, 4.69) is 19.9 Å². The number of pyridine rings is 1. The Balaban J connectivity index is 1.95. The average molecular weight is 238 g/mol. The zero-order chi connectivity index (χ0) is 12.4. The van der Waals surface area contributed by atoms with E-state index in [1.165, 1.54) is 0 Å². The van der Waals surface area contributed by atoms with Crippen LogP contribution in [0.15, 0.2) is 52.5 Å². The van der Waals surface area contributed by atoms with E-state index in [4.69, 9.17) is 0 Å². The highest BCUT2D eigenvalue weighted by Gasteiger charge is 1.98. The number of imidazole rings is 1. The fourth-order valence-corrected chi connectivity index (χ4v) is 1.70. The molecule has 3 rings (SSSR count). The summed E-state index contributed by atoms with van der Waals surface area (Å²) < 4.78 is 0. The quantitative estimate of drug-likeness (QED) is 0.670. The van der Waals surface area contributed by atoms with Crippen molar-refractivity contribution in [1.82, 2.24) is 15.0 Å². The molecule has 0 atom stereocenters. The van der Waals surface area contributed by atoms with Gasteiger partial charge in [0.15, 0.2) is 0 Å². The summed E-state index contributed by atoms with van der Waals surface area (Å²) in [5, 5.41) is 0. The number of hydrogen-bond donors (Lipinski definition) is 2. The second-order valence-electron chi connectivity index (χ2n) is 3.85. The Morgan fingerprint density at radius 3 is 2.89 bits per heavy atom. The molecule has 1 aromatic carbocycles. The first-order valence-electron chi connectivity index (χ1n) is 5.47. The van der Waals surface area contributed by atoms with Crippen molar-refractivity contribution in [2.45, 2.75) is 0 Å². The predicted molar refractivity (Wildman–Crippen MR) is 70.4 cm³/mol. The van der Waals surface area contributed by atoms with Crippen LogP contribution in [-0.4, -0.2) is 21.2 Å². The lowest BCUT2D eigenvalue weighted by Crippen LogP contribution is -1.99. The monoisotopic (exact) mass is 238 g/mol. The van der Waals surface area contributed by atoms with Crippen molar-refractivity contribution in [3.63, 3.8) is 0 Å². The number of nitrogens with zero attached hydrogens (tertiary/aromatic N) is 2. The van der Waals surface area contributed by atoms with Crippen LogP contribution in [0, 0.1) is 0 Å². The third kappa shape index (κ3) is 2.06. The van der Waals surface area contributed by atoms with E-state index in [1.54, 1.807) is 18.6 Å². The van der Waals surface area contributed by atoms with Gasteiger partial charge < -0.3 is 9.97 Å². The summed E-state index contributed by atoms with van der Waals surface area (Å²) in [6.45, 7) is 0. The molecule has 0 aliphatic carbocycles. The molecule has 0 aliphatic heterocycles. The van der Waals surface area contributed by atoms with Crippen molar-refractivity contribution in [3.05, 3.63) is 58.8 Å². The highest BCUT2D eigenvalue weighted by molar-refractivity contribution is 5.84. The highest BCUT2D eigenvalue weighted by Crippen LogP contribution is 2.17. The predicted octanol–water partition coefficient (Wildman–Crippen LogP) is 2.00. The first kappa shape index (κ1) is 10.5. The highest BCUT2D eigenvalue weighted by atomic mass is 16.1. The molecular formula is C13H10N4O. The normalized spacial score (nSPS) is 11.3. The van der Waals surface area contributed by atoms with Crippen molar-refractivity contribution in [3.8, 4) is 0 Å². The van der Waals surface area contributed by atoms with Crippen molar-refractivity contribution < 1.29 is 0 Å². The maximum absolute atomic E-state index is 11.1. The lowest BCUT2D eigenvalue weighted by molar-refractivity contribution is 1.21. The molecule has 0 aliphatic rings. The van der Waals surface area contributed by atoms with Crippen molar-refractivity contribution in [1.29, 1.82) is 0 Å². The summed E-state index contributed by atoms with van der Waals surface area (Å²) in [5.74, 6) is 0. The topological polar surface area (TPSA) is 73.9 Å². The zero-order valence-electron chi connectivity index (χ0n) is 9.42. The number of benzene rings is 1. The Kier molecular flexibility index (Phi) is 2.49. The second-order valence-corrected chi connectivity index (χ2v) is 3.85. The summed E-state index contributed by atoms with van der Waals surface area (Å²) in [5.41, 5.74) is 3.03. The third-order valence-electron chi connectivity index (χ3n) is 2.55. The van der Waals surface area contributed by atoms with Gasteiger partial charge in [-0.1, -0.05) is 6.07 Å². The van der Waals surface area contributed by atoms with Gasteiger partial charge in [0.2, 0.25) is 0 Å². The Labute approximate surface area is 102 Å². The largest absolute Gasteiger partial charge is 0.323 e. The summed E-state index contributed by atoms with van der Waals surface area (Å²) in [6.07, 6.45) is 5.19. The number of fused-ring (bicyclic) bond motifs is 1. The summed E-state index contributed by atoms with van der Waals surface area (Å²) in [7, 11) is 0. The minimum absolute atomic E-state index is 0.210. The van der Waals surface area contributed by atoms with Crippen molar-refractivity contribution in [2.24, 2.45) is 4.99 Å². The van der Waals surface area contributed by atoms with Crippen LogP contribution in [0.25, 0.3) is 11.0 Å². The first-order chi connectivity index (χ1) is 8.81. The standard InChI is InChI=1S/C13H10N4O/c18-13-16-11-4-3-10(6-12(11)17-13)15-8-9-2-1-5-14-7-9/h1-8H,(H2,16,17,18). The Hall–Kier alpha value is -2.69. The van der Waals surface area contributed by atoms with E-state index in [0.29, 0.717) is 0 Å². The molecule has 2 aromatic heterocycles. The maximum Gasteiger partial charge on any atom is 0.323 e. The molecule has 0 amide bonds. The molecule has 0 saturated carbocycles. The van der Waals surface area contributed by atoms with E-state index in [0.717, 1.165) is 22.3 Å². The molecule has 5 heteroatoms. The van der Waals surface area contributed by atoms with Gasteiger partial charge in [-0.25, -0.2) is 4.79 Å². The first-order valence-corrected chi connectivity index (χ1v) is 5.47. The van der Waals surface area contributed by atoms with Crippen LogP contribution in [0.4, 0.5) is 5.69 Å². The van der Waals surface area contributed by atoms with E-state index in [-0.39, 0.29) is 5.69 Å². The lowest BCUT2D eigenvalue weighted by Gasteiger charge is -1.94. The van der Waals surface area contributed by atoms with Crippen molar-refractivity contribution in [2.75, 3.05) is 0 Å². The number of H-pyrrole nitrogens is 2. The minimum Gasteiger partial charge on any atom is -0.306 e. The maximum atomic E-state index is 11.1. The molecule has 0 bridgehead atoms. The molecule has 2 heterocycles. The molecule has 0 spiro atoms. The van der Waals surface area contributed by atoms with Crippen LogP contribution in [0.5, 0.6) is 0 Å². The molecule has 18 heavy (non-hydrogen) atoms. The molecule has 2 N–H and O–H groups in total. The van der Waals surface area contributed by atoms with Crippen LogP contribution in [-0.2, 0) is 0 Å². The van der Waals surface area contributed by atoms with E-state index >= 15 is 0 Å². The fourth-order valence-electron chi connectivity index (χ4n) is 1.70. The molecule has 0 radical (unpaired) electrons.